The van der Waals surface area contributed by atoms with Crippen LogP contribution in [0.25, 0.3) is 0 Å². The van der Waals surface area contributed by atoms with E-state index in [0.29, 0.717) is 5.56 Å². The van der Waals surface area contributed by atoms with E-state index in [0.717, 1.165) is 3.57 Å². The molecule has 0 fully saturated rings. The third-order valence-electron chi connectivity index (χ3n) is 3.17. The van der Waals surface area contributed by atoms with E-state index in [-0.39, 0.29) is 0 Å². The number of hydrogen-bond donors (Lipinski definition) is 1. The van der Waals surface area contributed by atoms with Crippen LogP contribution in [0.3, 0.4) is 0 Å². The van der Waals surface area contributed by atoms with Gasteiger partial charge in [-0.3, -0.25) is 4.55 Å². The fourth-order valence-electron chi connectivity index (χ4n) is 1.70. The number of rotatable bonds is 7. The minimum atomic E-state index is -6.22. The van der Waals surface area contributed by atoms with Crippen molar-refractivity contribution in [2.45, 2.75) is 37.0 Å². The predicted molar refractivity (Wildman–Crippen MR) is 84.2 cm³/mol. The SMILES string of the molecule is CC(C)(OCCC(F)(F)C(F)(F)S(=O)(=O)O)c1ccc(I)cc1. The summed E-state index contributed by atoms with van der Waals surface area (Å²) in [4.78, 5) is 0. The molecule has 1 N–H and O–H groups in total. The van der Waals surface area contributed by atoms with Gasteiger partial charge in [0.05, 0.1) is 12.2 Å². The molecule has 0 bridgehead atoms. The maximum atomic E-state index is 13.4. The lowest BCUT2D eigenvalue weighted by atomic mass is 9.98. The van der Waals surface area contributed by atoms with Gasteiger partial charge in [-0.2, -0.15) is 26.0 Å². The van der Waals surface area contributed by atoms with E-state index in [1.54, 1.807) is 38.1 Å². The van der Waals surface area contributed by atoms with Gasteiger partial charge in [-0.05, 0) is 54.1 Å². The van der Waals surface area contributed by atoms with Crippen LogP contribution in [0.2, 0.25) is 0 Å². The number of alkyl halides is 4. The number of benzene rings is 1. The summed E-state index contributed by atoms with van der Waals surface area (Å²) in [7, 11) is -6.22. The van der Waals surface area contributed by atoms with Crippen LogP contribution in [0.4, 0.5) is 17.6 Å². The lowest BCUT2D eigenvalue weighted by Crippen LogP contribution is -2.47. The van der Waals surface area contributed by atoms with Gasteiger partial charge in [-0.15, -0.1) is 0 Å². The predicted octanol–water partition coefficient (Wildman–Crippen LogP) is 4.05. The highest BCUT2D eigenvalue weighted by Gasteiger charge is 2.65. The van der Waals surface area contributed by atoms with Crippen molar-refractivity contribution >= 4 is 32.7 Å². The molecule has 0 atom stereocenters. The second-order valence-corrected chi connectivity index (χ2v) is 8.02. The van der Waals surface area contributed by atoms with Gasteiger partial charge in [-0.1, -0.05) is 12.1 Å². The molecule has 1 aromatic carbocycles. The van der Waals surface area contributed by atoms with Crippen molar-refractivity contribution in [3.8, 4) is 0 Å². The first kappa shape index (κ1) is 20.6. The molecular formula is C13H15F4IO4S. The Balaban J connectivity index is 2.77. The van der Waals surface area contributed by atoms with Gasteiger partial charge in [0.25, 0.3) is 0 Å². The van der Waals surface area contributed by atoms with Gasteiger partial charge in [0.1, 0.15) is 0 Å². The molecule has 132 valence electrons. The normalized spacial score (nSPS) is 14.1. The Hall–Kier alpha value is -0.460. The molecule has 10 heteroatoms. The highest BCUT2D eigenvalue weighted by molar-refractivity contribution is 14.1. The topological polar surface area (TPSA) is 63.6 Å². The quantitative estimate of drug-likeness (QED) is 0.371. The van der Waals surface area contributed by atoms with E-state index in [4.69, 9.17) is 9.29 Å². The highest BCUT2D eigenvalue weighted by atomic mass is 127. The summed E-state index contributed by atoms with van der Waals surface area (Å²) in [5, 5.41) is -5.57. The fraction of sp³-hybridized carbons (Fsp3) is 0.538. The molecule has 23 heavy (non-hydrogen) atoms. The first-order chi connectivity index (χ1) is 10.2. The smallest absolute Gasteiger partial charge is 0.371 e. The molecule has 0 unspecified atom stereocenters. The van der Waals surface area contributed by atoms with E-state index >= 15 is 0 Å². The third kappa shape index (κ3) is 4.77. The molecule has 0 aromatic heterocycles. The average Bonchev–Trinajstić information content (AvgIpc) is 2.37. The van der Waals surface area contributed by atoms with Crippen molar-refractivity contribution in [1.82, 2.24) is 0 Å². The minimum absolute atomic E-state index is 0.641. The molecule has 0 aliphatic carbocycles. The zero-order valence-corrected chi connectivity index (χ0v) is 15.2. The Labute approximate surface area is 145 Å². The van der Waals surface area contributed by atoms with Crippen molar-refractivity contribution < 1.29 is 35.3 Å². The summed E-state index contributed by atoms with van der Waals surface area (Å²) < 4.78 is 88.0. The first-order valence-electron chi connectivity index (χ1n) is 6.33. The zero-order valence-electron chi connectivity index (χ0n) is 12.2. The van der Waals surface area contributed by atoms with Gasteiger partial charge in [0.2, 0.25) is 0 Å². The second-order valence-electron chi connectivity index (χ2n) is 5.31. The molecule has 0 heterocycles. The van der Waals surface area contributed by atoms with Crippen LogP contribution in [0.1, 0.15) is 25.8 Å². The molecule has 4 nitrogen and oxygen atoms in total. The summed E-state index contributed by atoms with van der Waals surface area (Å²) in [6, 6.07) is 6.93. The average molecular weight is 470 g/mol. The third-order valence-corrected chi connectivity index (χ3v) is 4.83. The van der Waals surface area contributed by atoms with Crippen LogP contribution in [-0.2, 0) is 20.5 Å². The lowest BCUT2D eigenvalue weighted by molar-refractivity contribution is -0.177. The van der Waals surface area contributed by atoms with E-state index in [1.165, 1.54) is 0 Å². The van der Waals surface area contributed by atoms with Crippen LogP contribution in [0.5, 0.6) is 0 Å². The Morgan fingerprint density at radius 3 is 2.04 bits per heavy atom. The molecule has 0 saturated carbocycles. The van der Waals surface area contributed by atoms with Crippen molar-refractivity contribution in [1.29, 1.82) is 0 Å². The van der Waals surface area contributed by atoms with Crippen LogP contribution < -0.4 is 0 Å². The second kappa shape index (κ2) is 6.81. The summed E-state index contributed by atoms with van der Waals surface area (Å²) >= 11 is 2.08. The summed E-state index contributed by atoms with van der Waals surface area (Å²) in [6.45, 7) is 2.31. The van der Waals surface area contributed by atoms with E-state index in [1.807, 2.05) is 0 Å². The molecular weight excluding hydrogens is 455 g/mol. The van der Waals surface area contributed by atoms with Crippen LogP contribution in [0, 0.1) is 3.57 Å². The van der Waals surface area contributed by atoms with E-state index < -0.39 is 39.9 Å². The van der Waals surface area contributed by atoms with Gasteiger partial charge >= 0.3 is 21.3 Å². The van der Waals surface area contributed by atoms with Crippen molar-refractivity contribution in [2.75, 3.05) is 6.61 Å². The number of ether oxygens (including phenoxy) is 1. The summed E-state index contributed by atoms with van der Waals surface area (Å²) in [5.41, 5.74) is -0.392. The molecule has 0 radical (unpaired) electrons. The largest absolute Gasteiger partial charge is 0.431 e. The molecule has 0 saturated heterocycles. The Morgan fingerprint density at radius 2 is 1.61 bits per heavy atom. The van der Waals surface area contributed by atoms with Gasteiger partial charge in [0.15, 0.2) is 0 Å². The Kier molecular flexibility index (Phi) is 6.09. The Bertz CT molecular complexity index is 644. The van der Waals surface area contributed by atoms with Crippen LogP contribution >= 0.6 is 22.6 Å². The number of halogens is 5. The maximum absolute atomic E-state index is 13.4. The molecule has 1 aromatic rings. The molecule has 0 aliphatic rings. The summed E-state index contributed by atoms with van der Waals surface area (Å²) in [5.74, 6) is -4.96. The number of hydrogen-bond acceptors (Lipinski definition) is 3. The highest BCUT2D eigenvalue weighted by Crippen LogP contribution is 2.41. The van der Waals surface area contributed by atoms with Crippen LogP contribution in [-0.4, -0.2) is 30.8 Å². The van der Waals surface area contributed by atoms with Gasteiger partial charge in [0, 0.05) is 9.99 Å². The van der Waals surface area contributed by atoms with Crippen LogP contribution in [0.15, 0.2) is 24.3 Å². The molecule has 0 amide bonds. The molecule has 0 aliphatic heterocycles. The molecule has 0 spiro atoms. The van der Waals surface area contributed by atoms with Crippen molar-refractivity contribution in [3.63, 3.8) is 0 Å². The van der Waals surface area contributed by atoms with Gasteiger partial charge < -0.3 is 4.74 Å². The van der Waals surface area contributed by atoms with E-state index in [2.05, 4.69) is 22.6 Å². The standard InChI is InChI=1S/C13H15F4IO4S/c1-11(2,9-3-5-10(18)6-4-9)22-8-7-12(14,15)13(16,17)23(19,20)21/h3-6H,7-8H2,1-2H3,(H,19,20,21). The van der Waals surface area contributed by atoms with Gasteiger partial charge in [-0.25, -0.2) is 0 Å². The van der Waals surface area contributed by atoms with Crippen molar-refractivity contribution in [3.05, 3.63) is 33.4 Å². The van der Waals surface area contributed by atoms with Crippen molar-refractivity contribution in [2.24, 2.45) is 0 Å². The summed E-state index contributed by atoms with van der Waals surface area (Å²) in [6.07, 6.45) is -1.56. The minimum Gasteiger partial charge on any atom is -0.371 e. The molecule has 1 rings (SSSR count). The van der Waals surface area contributed by atoms with E-state index in [9.17, 15) is 26.0 Å². The Morgan fingerprint density at radius 1 is 1.13 bits per heavy atom. The lowest BCUT2D eigenvalue weighted by Gasteiger charge is -2.28. The monoisotopic (exact) mass is 470 g/mol. The first-order valence-corrected chi connectivity index (χ1v) is 8.85. The zero-order chi connectivity index (χ0) is 18.1. The fourth-order valence-corrected chi connectivity index (χ4v) is 2.54. The maximum Gasteiger partial charge on any atom is 0.431 e.